The molecule has 2 rings (SSSR count). The van der Waals surface area contributed by atoms with Crippen molar-refractivity contribution in [1.82, 2.24) is 9.97 Å². The van der Waals surface area contributed by atoms with Gasteiger partial charge in [0.05, 0.1) is 0 Å². The van der Waals surface area contributed by atoms with E-state index < -0.39 is 0 Å². The average molecular weight is 394 g/mol. The summed E-state index contributed by atoms with van der Waals surface area (Å²) in [6, 6.07) is 11.1. The van der Waals surface area contributed by atoms with Crippen molar-refractivity contribution in [2.75, 3.05) is 11.5 Å². The Labute approximate surface area is 129 Å². The third kappa shape index (κ3) is 10.7. The van der Waals surface area contributed by atoms with Gasteiger partial charge in [-0.25, -0.2) is 9.97 Å². The molecule has 2 aromatic heterocycles. The van der Waals surface area contributed by atoms with Crippen molar-refractivity contribution in [3.63, 3.8) is 0 Å². The van der Waals surface area contributed by atoms with Gasteiger partial charge in [0, 0.05) is 11.4 Å². The summed E-state index contributed by atoms with van der Waals surface area (Å²) in [4.78, 5) is 7.90. The molecule has 0 atom stereocenters. The monoisotopic (exact) mass is 392 g/mol. The first kappa shape index (κ1) is 18.1. The molecule has 4 N–H and O–H groups in total. The van der Waals surface area contributed by atoms with Crippen molar-refractivity contribution >= 4 is 30.7 Å². The van der Waals surface area contributed by atoms with E-state index in [0.717, 1.165) is 11.4 Å². The van der Waals surface area contributed by atoms with E-state index in [9.17, 15) is 0 Å². The Morgan fingerprint density at radius 2 is 1.16 bits per heavy atom. The molecule has 0 unspecified atom stereocenters. The van der Waals surface area contributed by atoms with Gasteiger partial charge in [-0.05, 0) is 38.1 Å². The fourth-order valence-corrected chi connectivity index (χ4v) is 1.13. The first-order valence-corrected chi connectivity index (χ1v) is 9.20. The number of nitrogen functional groups attached to an aromatic ring is 2. The molecule has 2 aromatic rings. The van der Waals surface area contributed by atoms with Crippen LogP contribution in [-0.4, -0.2) is 9.97 Å². The second kappa shape index (κ2) is 11.0. The second-order valence-electron chi connectivity index (χ2n) is 3.45. The molecule has 0 amide bonds. The van der Waals surface area contributed by atoms with Gasteiger partial charge in [-0.2, -0.15) is 0 Å². The normalized spacial score (nSPS) is 8.84. The van der Waals surface area contributed by atoms with Crippen LogP contribution >= 0.6 is 19.1 Å². The van der Waals surface area contributed by atoms with E-state index in [0.29, 0.717) is 11.6 Å². The number of anilines is 2. The molecule has 0 radical (unpaired) electrons. The number of hydrogen-bond acceptors (Lipinski definition) is 4. The maximum absolute atomic E-state index is 5.35. The van der Waals surface area contributed by atoms with E-state index in [1.54, 1.807) is 12.1 Å². The summed E-state index contributed by atoms with van der Waals surface area (Å²) in [6.07, 6.45) is 0. The van der Waals surface area contributed by atoms with Crippen molar-refractivity contribution < 1.29 is 15.9 Å². The predicted octanol–water partition coefficient (Wildman–Crippen LogP) is 3.32. The molecule has 0 aromatic carbocycles. The van der Waals surface area contributed by atoms with Crippen LogP contribution in [0.3, 0.4) is 0 Å². The van der Waals surface area contributed by atoms with Gasteiger partial charge in [0.1, 0.15) is 11.6 Å². The SMILES string of the molecule is Cc1cccc(N)n1.Cc1cccc(N)n1.[Cl][Pd][Cl]. The number of aryl methyl sites for hydroxylation is 2. The van der Waals surface area contributed by atoms with Gasteiger partial charge in [0.25, 0.3) is 0 Å². The molecule has 0 fully saturated rings. The summed E-state index contributed by atoms with van der Waals surface area (Å²) in [5.41, 5.74) is 12.6. The Morgan fingerprint density at radius 1 is 0.842 bits per heavy atom. The molecule has 4 nitrogen and oxygen atoms in total. The molecule has 0 aliphatic heterocycles. The Hall–Kier alpha value is -0.858. The van der Waals surface area contributed by atoms with Gasteiger partial charge >= 0.3 is 35.0 Å². The van der Waals surface area contributed by atoms with Crippen molar-refractivity contribution in [1.29, 1.82) is 0 Å². The van der Waals surface area contributed by atoms with Crippen molar-refractivity contribution in [3.05, 3.63) is 47.8 Å². The number of pyridine rings is 2. The molecular weight excluding hydrogens is 377 g/mol. The average Bonchev–Trinajstić information content (AvgIpc) is 2.30. The van der Waals surface area contributed by atoms with Crippen LogP contribution in [0.5, 0.6) is 0 Å². The molecule has 0 bridgehead atoms. The van der Waals surface area contributed by atoms with E-state index >= 15 is 0 Å². The van der Waals surface area contributed by atoms with Gasteiger partial charge in [0.15, 0.2) is 0 Å². The van der Waals surface area contributed by atoms with Crippen LogP contribution in [0.4, 0.5) is 11.6 Å². The van der Waals surface area contributed by atoms with Crippen molar-refractivity contribution in [3.8, 4) is 0 Å². The molecule has 19 heavy (non-hydrogen) atoms. The number of rotatable bonds is 0. The van der Waals surface area contributed by atoms with E-state index in [2.05, 4.69) is 9.97 Å². The molecular formula is C12H16Cl2N4Pd. The van der Waals surface area contributed by atoms with E-state index in [1.807, 2.05) is 38.1 Å². The van der Waals surface area contributed by atoms with Gasteiger partial charge in [-0.3, -0.25) is 0 Å². The Balaban J connectivity index is 0.000000284. The predicted molar refractivity (Wildman–Crippen MR) is 78.5 cm³/mol. The zero-order valence-electron chi connectivity index (χ0n) is 10.6. The molecule has 0 saturated carbocycles. The molecule has 0 aliphatic rings. The van der Waals surface area contributed by atoms with E-state index in [1.165, 1.54) is 0 Å². The summed E-state index contributed by atoms with van der Waals surface area (Å²) in [5.74, 6) is 1.18. The summed E-state index contributed by atoms with van der Waals surface area (Å²) >= 11 is -0.106. The number of hydrogen-bond donors (Lipinski definition) is 2. The van der Waals surface area contributed by atoms with E-state index in [4.69, 9.17) is 30.5 Å². The molecule has 108 valence electrons. The van der Waals surface area contributed by atoms with Crippen LogP contribution in [0.15, 0.2) is 36.4 Å². The van der Waals surface area contributed by atoms with Crippen molar-refractivity contribution in [2.45, 2.75) is 13.8 Å². The van der Waals surface area contributed by atoms with Gasteiger partial charge in [0.2, 0.25) is 0 Å². The van der Waals surface area contributed by atoms with Gasteiger partial charge < -0.3 is 11.5 Å². The first-order valence-electron chi connectivity index (χ1n) is 5.20. The topological polar surface area (TPSA) is 77.8 Å². The third-order valence-electron chi connectivity index (χ3n) is 1.82. The zero-order valence-corrected chi connectivity index (χ0v) is 13.7. The van der Waals surface area contributed by atoms with E-state index in [-0.39, 0.29) is 15.9 Å². The second-order valence-corrected chi connectivity index (χ2v) is 5.81. The summed E-state index contributed by atoms with van der Waals surface area (Å²) in [7, 11) is 9.63. The summed E-state index contributed by atoms with van der Waals surface area (Å²) in [6.45, 7) is 3.83. The Bertz CT molecular complexity index is 405. The molecule has 0 saturated heterocycles. The Morgan fingerprint density at radius 3 is 1.32 bits per heavy atom. The van der Waals surface area contributed by atoms with Crippen LogP contribution in [0.1, 0.15) is 11.4 Å². The fraction of sp³-hybridized carbons (Fsp3) is 0.167. The summed E-state index contributed by atoms with van der Waals surface area (Å²) < 4.78 is 0. The van der Waals surface area contributed by atoms with Crippen LogP contribution in [0.2, 0.25) is 0 Å². The number of nitrogens with zero attached hydrogens (tertiary/aromatic N) is 2. The molecule has 7 heteroatoms. The third-order valence-corrected chi connectivity index (χ3v) is 1.82. The van der Waals surface area contributed by atoms with Crippen molar-refractivity contribution in [2.24, 2.45) is 0 Å². The molecule has 0 spiro atoms. The summed E-state index contributed by atoms with van der Waals surface area (Å²) in [5, 5.41) is 0. The molecule has 0 aliphatic carbocycles. The van der Waals surface area contributed by atoms with Crippen LogP contribution in [-0.2, 0) is 15.9 Å². The first-order chi connectivity index (χ1) is 8.99. The fourth-order valence-electron chi connectivity index (χ4n) is 1.13. The number of aromatic nitrogens is 2. The zero-order chi connectivity index (χ0) is 14.7. The number of halogens is 2. The van der Waals surface area contributed by atoms with Crippen LogP contribution < -0.4 is 11.5 Å². The minimum atomic E-state index is -0.106. The standard InChI is InChI=1S/2C6H8N2.2ClH.Pd/c2*1-5-3-2-4-6(7)8-5;;;/h2*2-4H,1H3,(H2,7,8);2*1H;/q;;;;+2/p-2. The Kier molecular flexibility index (Phi) is 10.5. The van der Waals surface area contributed by atoms with Crippen LogP contribution in [0.25, 0.3) is 0 Å². The van der Waals surface area contributed by atoms with Gasteiger partial charge in [-0.15, -0.1) is 0 Å². The quantitative estimate of drug-likeness (QED) is 0.673. The number of nitrogens with two attached hydrogens (primary N) is 2. The van der Waals surface area contributed by atoms with Gasteiger partial charge in [-0.1, -0.05) is 12.1 Å². The molecule has 2 heterocycles. The van der Waals surface area contributed by atoms with Crippen LogP contribution in [0, 0.1) is 13.8 Å². The minimum absolute atomic E-state index is 0.106. The maximum atomic E-state index is 5.35.